The second-order valence-electron chi connectivity index (χ2n) is 7.09. The van der Waals surface area contributed by atoms with Crippen LogP contribution in [0.5, 0.6) is 5.75 Å². The van der Waals surface area contributed by atoms with Gasteiger partial charge in [0, 0.05) is 25.0 Å². The molecule has 0 radical (unpaired) electrons. The molecule has 0 bridgehead atoms. The molecule has 0 spiro atoms. The van der Waals surface area contributed by atoms with Gasteiger partial charge in [0.25, 0.3) is 0 Å². The van der Waals surface area contributed by atoms with Crippen LogP contribution in [0.4, 0.5) is 13.2 Å². The maximum atomic E-state index is 12.8. The summed E-state index contributed by atoms with van der Waals surface area (Å²) in [4.78, 5) is 14.7. The van der Waals surface area contributed by atoms with E-state index in [1.54, 1.807) is 12.1 Å². The van der Waals surface area contributed by atoms with Crippen LogP contribution < -0.4 is 10.5 Å². The SMILES string of the molecule is CC1CCN(C(=O)C2CC2c2ccccc2OC(F)(F)F)C(CN)C1. The Morgan fingerprint density at radius 1 is 1.32 bits per heavy atom. The molecule has 7 heteroatoms. The predicted octanol–water partition coefficient (Wildman–Crippen LogP) is 3.27. The number of hydrogen-bond acceptors (Lipinski definition) is 3. The summed E-state index contributed by atoms with van der Waals surface area (Å²) < 4.78 is 41.8. The molecule has 138 valence electrons. The monoisotopic (exact) mass is 356 g/mol. The van der Waals surface area contributed by atoms with Gasteiger partial charge in [-0.3, -0.25) is 4.79 Å². The molecule has 1 aromatic carbocycles. The van der Waals surface area contributed by atoms with Gasteiger partial charge in [-0.05, 0) is 42.7 Å². The number of benzene rings is 1. The number of rotatable bonds is 4. The molecule has 25 heavy (non-hydrogen) atoms. The maximum Gasteiger partial charge on any atom is 0.573 e. The highest BCUT2D eigenvalue weighted by atomic mass is 19.4. The van der Waals surface area contributed by atoms with Crippen LogP contribution >= 0.6 is 0 Å². The van der Waals surface area contributed by atoms with Crippen molar-refractivity contribution in [3.63, 3.8) is 0 Å². The number of piperidine rings is 1. The summed E-state index contributed by atoms with van der Waals surface area (Å²) in [5, 5.41) is 0. The minimum atomic E-state index is -4.74. The fraction of sp³-hybridized carbons (Fsp3) is 0.611. The molecular weight excluding hydrogens is 333 g/mol. The standard InChI is InChI=1S/C18H23F3N2O2/c1-11-6-7-23(12(8-11)10-22)17(24)15-9-14(15)13-4-2-3-5-16(13)25-18(19,20)21/h2-5,11-12,14-15H,6-10,22H2,1H3. The molecule has 2 aliphatic rings. The van der Waals surface area contributed by atoms with Crippen LogP contribution in [-0.4, -0.2) is 36.3 Å². The summed E-state index contributed by atoms with van der Waals surface area (Å²) in [6, 6.07) is 6.11. The fourth-order valence-electron chi connectivity index (χ4n) is 3.79. The first-order chi connectivity index (χ1) is 11.8. The topological polar surface area (TPSA) is 55.6 Å². The minimum Gasteiger partial charge on any atom is -0.405 e. The van der Waals surface area contributed by atoms with Crippen molar-refractivity contribution in [2.45, 2.75) is 44.5 Å². The lowest BCUT2D eigenvalue weighted by Gasteiger charge is -2.38. The summed E-state index contributed by atoms with van der Waals surface area (Å²) in [5.74, 6) is -0.162. The lowest BCUT2D eigenvalue weighted by Crippen LogP contribution is -2.49. The van der Waals surface area contributed by atoms with Crippen LogP contribution in [0.1, 0.15) is 37.7 Å². The Balaban J connectivity index is 1.71. The third-order valence-corrected chi connectivity index (χ3v) is 5.18. The van der Waals surface area contributed by atoms with Crippen molar-refractivity contribution in [1.29, 1.82) is 0 Å². The second kappa shape index (κ2) is 6.86. The Kier molecular flexibility index (Phi) is 4.95. The number of para-hydroxylation sites is 1. The summed E-state index contributed by atoms with van der Waals surface area (Å²) >= 11 is 0. The lowest BCUT2D eigenvalue weighted by molar-refractivity contribution is -0.274. The van der Waals surface area contributed by atoms with Crippen molar-refractivity contribution < 1.29 is 22.7 Å². The summed E-state index contributed by atoms with van der Waals surface area (Å²) in [7, 11) is 0. The Morgan fingerprint density at radius 2 is 2.04 bits per heavy atom. The molecule has 1 saturated heterocycles. The zero-order valence-electron chi connectivity index (χ0n) is 14.1. The Hall–Kier alpha value is -1.76. The van der Waals surface area contributed by atoms with Crippen molar-refractivity contribution in [3.8, 4) is 5.75 Å². The number of halogens is 3. The van der Waals surface area contributed by atoms with Crippen LogP contribution in [0, 0.1) is 11.8 Å². The average Bonchev–Trinajstić information content (AvgIpc) is 3.33. The van der Waals surface area contributed by atoms with E-state index in [1.165, 1.54) is 12.1 Å². The number of nitrogens with two attached hydrogens (primary N) is 1. The zero-order chi connectivity index (χ0) is 18.2. The third kappa shape index (κ3) is 4.08. The normalized spacial score (nSPS) is 29.4. The first kappa shape index (κ1) is 18.0. The lowest BCUT2D eigenvalue weighted by atomic mass is 9.92. The maximum absolute atomic E-state index is 12.8. The highest BCUT2D eigenvalue weighted by molar-refractivity contribution is 5.83. The molecule has 1 aliphatic carbocycles. The highest BCUT2D eigenvalue weighted by Gasteiger charge is 2.49. The van der Waals surface area contributed by atoms with Gasteiger partial charge >= 0.3 is 6.36 Å². The number of alkyl halides is 3. The third-order valence-electron chi connectivity index (χ3n) is 5.18. The molecule has 1 aromatic rings. The van der Waals surface area contributed by atoms with Crippen LogP contribution in [0.2, 0.25) is 0 Å². The highest BCUT2D eigenvalue weighted by Crippen LogP contribution is 2.52. The van der Waals surface area contributed by atoms with Gasteiger partial charge in [-0.1, -0.05) is 25.1 Å². The number of likely N-dealkylation sites (tertiary alicyclic amines) is 1. The van der Waals surface area contributed by atoms with E-state index in [-0.39, 0.29) is 29.5 Å². The molecule has 3 rings (SSSR count). The van der Waals surface area contributed by atoms with E-state index in [4.69, 9.17) is 5.73 Å². The van der Waals surface area contributed by atoms with E-state index in [2.05, 4.69) is 11.7 Å². The first-order valence-electron chi connectivity index (χ1n) is 8.65. The molecule has 2 N–H and O–H groups in total. The van der Waals surface area contributed by atoms with Crippen molar-refractivity contribution in [1.82, 2.24) is 4.90 Å². The largest absolute Gasteiger partial charge is 0.573 e. The summed E-state index contributed by atoms with van der Waals surface area (Å²) in [5.41, 5.74) is 6.27. The van der Waals surface area contributed by atoms with Gasteiger partial charge in [-0.15, -0.1) is 13.2 Å². The van der Waals surface area contributed by atoms with Crippen LogP contribution in [-0.2, 0) is 4.79 Å². The van der Waals surface area contributed by atoms with Crippen molar-refractivity contribution in [3.05, 3.63) is 29.8 Å². The molecule has 2 fully saturated rings. The number of carbonyl (C=O) groups excluding carboxylic acids is 1. The molecule has 1 saturated carbocycles. The van der Waals surface area contributed by atoms with Gasteiger partial charge in [0.15, 0.2) is 0 Å². The average molecular weight is 356 g/mol. The van der Waals surface area contributed by atoms with E-state index in [1.807, 2.05) is 4.90 Å². The molecular formula is C18H23F3N2O2. The molecule has 1 aliphatic heterocycles. The van der Waals surface area contributed by atoms with Crippen LogP contribution in [0.25, 0.3) is 0 Å². The van der Waals surface area contributed by atoms with E-state index in [9.17, 15) is 18.0 Å². The van der Waals surface area contributed by atoms with E-state index < -0.39 is 6.36 Å². The van der Waals surface area contributed by atoms with Crippen molar-refractivity contribution in [2.24, 2.45) is 17.6 Å². The Morgan fingerprint density at radius 3 is 2.72 bits per heavy atom. The van der Waals surface area contributed by atoms with Crippen molar-refractivity contribution in [2.75, 3.05) is 13.1 Å². The quantitative estimate of drug-likeness (QED) is 0.901. The van der Waals surface area contributed by atoms with Gasteiger partial charge in [0.2, 0.25) is 5.91 Å². The molecule has 1 heterocycles. The fourth-order valence-corrected chi connectivity index (χ4v) is 3.79. The molecule has 0 aromatic heterocycles. The molecule has 4 nitrogen and oxygen atoms in total. The predicted molar refractivity (Wildman–Crippen MR) is 86.9 cm³/mol. The van der Waals surface area contributed by atoms with E-state index >= 15 is 0 Å². The van der Waals surface area contributed by atoms with E-state index in [0.29, 0.717) is 31.0 Å². The number of hydrogen-bond donors (Lipinski definition) is 1. The molecule has 4 atom stereocenters. The van der Waals surface area contributed by atoms with Gasteiger partial charge in [0.1, 0.15) is 5.75 Å². The summed E-state index contributed by atoms with van der Waals surface area (Å²) in [6.45, 7) is 3.24. The second-order valence-corrected chi connectivity index (χ2v) is 7.09. The number of amides is 1. The first-order valence-corrected chi connectivity index (χ1v) is 8.65. The van der Waals surface area contributed by atoms with Gasteiger partial charge in [0.05, 0.1) is 0 Å². The Labute approximate surface area is 145 Å². The Bertz CT molecular complexity index is 635. The molecule has 4 unspecified atom stereocenters. The number of carbonyl (C=O) groups is 1. The van der Waals surface area contributed by atoms with E-state index in [0.717, 1.165) is 12.8 Å². The van der Waals surface area contributed by atoms with Crippen LogP contribution in [0.3, 0.4) is 0 Å². The van der Waals surface area contributed by atoms with Gasteiger partial charge in [-0.25, -0.2) is 0 Å². The number of ether oxygens (including phenoxy) is 1. The smallest absolute Gasteiger partial charge is 0.405 e. The van der Waals surface area contributed by atoms with Gasteiger partial charge < -0.3 is 15.4 Å². The number of nitrogens with zero attached hydrogens (tertiary/aromatic N) is 1. The minimum absolute atomic E-state index is 0.00848. The van der Waals surface area contributed by atoms with Gasteiger partial charge in [-0.2, -0.15) is 0 Å². The molecule has 1 amide bonds. The zero-order valence-corrected chi connectivity index (χ0v) is 14.1. The van der Waals surface area contributed by atoms with Crippen LogP contribution in [0.15, 0.2) is 24.3 Å². The van der Waals surface area contributed by atoms with Crippen molar-refractivity contribution >= 4 is 5.91 Å². The summed E-state index contributed by atoms with van der Waals surface area (Å²) in [6.07, 6.45) is -2.36.